The summed E-state index contributed by atoms with van der Waals surface area (Å²) >= 11 is 0. The summed E-state index contributed by atoms with van der Waals surface area (Å²) in [6.45, 7) is 4.85. The number of hydrogen-bond acceptors (Lipinski definition) is 0. The molecule has 1 spiro atoms. The average molecular weight is 911 g/mol. The van der Waals surface area contributed by atoms with Gasteiger partial charge < -0.3 is 0 Å². The van der Waals surface area contributed by atoms with E-state index >= 15 is 0 Å². The summed E-state index contributed by atoms with van der Waals surface area (Å²) < 4.78 is 175. The van der Waals surface area contributed by atoms with Crippen molar-refractivity contribution in [3.8, 4) is 0 Å². The predicted molar refractivity (Wildman–Crippen MR) is 202 cm³/mol. The second-order valence-electron chi connectivity index (χ2n) is 21.4. The van der Waals surface area contributed by atoms with Crippen LogP contribution < -0.4 is 21.2 Å². The van der Waals surface area contributed by atoms with Gasteiger partial charge in [-0.25, -0.2) is 0 Å². The maximum absolute atomic E-state index is 14.7. The van der Waals surface area contributed by atoms with Gasteiger partial charge in [-0.3, -0.25) is 0 Å². The zero-order chi connectivity index (χ0) is 42.1. The molecule has 10 saturated heterocycles. The number of benzene rings is 4. The Morgan fingerprint density at radius 1 is 0.441 bits per heavy atom. The molecule has 4 aromatic rings. The summed E-state index contributed by atoms with van der Waals surface area (Å²) in [5.41, 5.74) is -2.43. The Hall–Kier alpha value is -2.58. The fraction of sp³-hybridized carbons (Fsp3) is 0.455. The van der Waals surface area contributed by atoms with Gasteiger partial charge in [0.05, 0.1) is 0 Å². The monoisotopic (exact) mass is 910 g/mol. The van der Waals surface area contributed by atoms with Crippen molar-refractivity contribution in [3.63, 3.8) is 0 Å². The van der Waals surface area contributed by atoms with E-state index in [0.29, 0.717) is 58.0 Å². The molecule has 0 aromatic heterocycles. The molecule has 10 heterocycles. The quantitative estimate of drug-likeness (QED) is 0.0985. The summed E-state index contributed by atoms with van der Waals surface area (Å²) in [4.78, 5) is 2.34. The molecule has 15 heteroatoms. The van der Waals surface area contributed by atoms with Gasteiger partial charge in [-0.05, 0) is 0 Å². The standard InChI is InChI=1S/C39H31F12P2.C5H5.Fe/c1-21-9-22(2)12-30(11-21)52(31-13-23(3)10-24(4)14-31)25(5)34-7-6-8-35(34)53(32-17-26(36(40,41)42)15-27(18-32)37(43,44)45)33-19-28(38(46,47)48)16-29(20-33)39(49,50)51;1-2-4-5-3-1;/h6-20,25H,1-5H3;1-5H;. The molecule has 0 nitrogen and oxygen atoms in total. The first-order valence-electron chi connectivity index (χ1n) is 19.6. The summed E-state index contributed by atoms with van der Waals surface area (Å²) in [5.74, 6) is 0. The molecule has 59 heavy (non-hydrogen) atoms. The van der Waals surface area contributed by atoms with E-state index in [1.807, 2.05) is 27.7 Å². The molecular formula is C44H36F12FeP2. The second-order valence-corrected chi connectivity index (χ2v) is 50.0. The van der Waals surface area contributed by atoms with Gasteiger partial charge in [0, 0.05) is 0 Å². The minimum absolute atomic E-state index is 0.0145. The Bertz CT molecular complexity index is 2850. The third kappa shape index (κ3) is 1.47. The SMILES string of the molecule is Cc1cc(C)cc(P(c2cc(C)cc(C)c2)C(C)[C@@]23[CH]4[CH]5[CH]6[C]2(P(c2cc(C(F)(F)F)cc(C(F)(F)F)c2)c2cc(C(F)(F)F)cc(C(F)(F)F)c2)[Fe]56432789[CH]3[CH]2[CH]7[CH]8[CH]39)c1. The van der Waals surface area contributed by atoms with E-state index in [9.17, 15) is 52.7 Å². The van der Waals surface area contributed by atoms with E-state index in [0.717, 1.165) is 32.9 Å². The van der Waals surface area contributed by atoms with Crippen LogP contribution in [0.3, 0.4) is 0 Å². The maximum atomic E-state index is 14.7. The van der Waals surface area contributed by atoms with Crippen LogP contribution in [0.25, 0.3) is 0 Å². The molecule has 14 rings (SSSR count). The summed E-state index contributed by atoms with van der Waals surface area (Å²) in [6.07, 6.45) is -21.0. The summed E-state index contributed by atoms with van der Waals surface area (Å²) in [7, 11) is -3.83. The molecule has 314 valence electrons. The van der Waals surface area contributed by atoms with Crippen LogP contribution in [0.2, 0.25) is 42.8 Å². The van der Waals surface area contributed by atoms with Gasteiger partial charge in [0.15, 0.2) is 0 Å². The van der Waals surface area contributed by atoms with Crippen LogP contribution in [0.4, 0.5) is 52.7 Å². The van der Waals surface area contributed by atoms with Crippen molar-refractivity contribution in [1.82, 2.24) is 0 Å². The van der Waals surface area contributed by atoms with Crippen LogP contribution in [-0.4, -0.2) is 9.71 Å². The van der Waals surface area contributed by atoms with Crippen molar-refractivity contribution < 1.29 is 59.2 Å². The van der Waals surface area contributed by atoms with E-state index in [1.165, 1.54) is 0 Å². The molecule has 0 radical (unpaired) electrons. The third-order valence-electron chi connectivity index (χ3n) is 22.8. The van der Waals surface area contributed by atoms with Crippen molar-refractivity contribution >= 4 is 37.1 Å². The fourth-order valence-electron chi connectivity index (χ4n) is 24.1. The van der Waals surface area contributed by atoms with Gasteiger partial charge in [-0.15, -0.1) is 0 Å². The first-order valence-corrected chi connectivity index (χ1v) is 28.5. The van der Waals surface area contributed by atoms with Crippen LogP contribution in [0.15, 0.2) is 72.8 Å². The minimum atomic E-state index is -5.35. The Kier molecular flexibility index (Phi) is 3.94. The molecule has 4 aromatic carbocycles. The number of rotatable bonds is 7. The molecule has 0 bridgehead atoms. The zero-order valence-corrected chi connectivity index (χ0v) is 34.8. The number of aryl methyl sites for hydroxylation is 4. The van der Waals surface area contributed by atoms with Gasteiger partial charge in [-0.2, -0.15) is 0 Å². The van der Waals surface area contributed by atoms with Gasteiger partial charge in [0.25, 0.3) is 0 Å². The Labute approximate surface area is 324 Å². The van der Waals surface area contributed by atoms with E-state index < -0.39 is 88.3 Å². The summed E-state index contributed by atoms with van der Waals surface area (Å²) in [6, 6.07) is 15.3. The van der Waals surface area contributed by atoms with Gasteiger partial charge >= 0.3 is 325 Å². The van der Waals surface area contributed by atoms with E-state index in [4.69, 9.17) is 0 Å². The molecule has 0 amide bonds. The third-order valence-corrected chi connectivity index (χ3v) is 76.0. The van der Waals surface area contributed by atoms with E-state index in [1.54, 1.807) is 0 Å². The Morgan fingerprint density at radius 2 is 0.763 bits per heavy atom. The topological polar surface area (TPSA) is 0 Å². The van der Waals surface area contributed by atoms with Crippen molar-refractivity contribution in [2.24, 2.45) is 0 Å². The van der Waals surface area contributed by atoms with Crippen molar-refractivity contribution in [2.45, 2.75) is 112 Å². The van der Waals surface area contributed by atoms with Crippen LogP contribution in [0.5, 0.6) is 0 Å². The molecule has 5 unspecified atom stereocenters. The van der Waals surface area contributed by atoms with Crippen molar-refractivity contribution in [3.05, 3.63) is 117 Å². The molecule has 6 atom stereocenters. The molecular weight excluding hydrogens is 874 g/mol. The van der Waals surface area contributed by atoms with Crippen LogP contribution >= 0.6 is 15.8 Å². The Balaban J connectivity index is 1.09. The Morgan fingerprint density at radius 3 is 1.03 bits per heavy atom. The number of halogens is 12. The van der Waals surface area contributed by atoms with Crippen molar-refractivity contribution in [1.29, 1.82) is 0 Å². The number of fused-ring (bicyclic) bond motifs is 10. The second kappa shape index (κ2) is 6.46. The molecule has 10 aliphatic heterocycles. The van der Waals surface area contributed by atoms with Crippen LogP contribution in [-0.2, 0) is 31.2 Å². The van der Waals surface area contributed by atoms with Gasteiger partial charge in [0.2, 0.25) is 0 Å². The van der Waals surface area contributed by atoms with Gasteiger partial charge in [0.1, 0.15) is 0 Å². The van der Waals surface area contributed by atoms with Gasteiger partial charge in [-0.1, -0.05) is 0 Å². The van der Waals surface area contributed by atoms with Crippen molar-refractivity contribution in [2.75, 3.05) is 0 Å². The summed E-state index contributed by atoms with van der Waals surface area (Å²) in [5, 5.41) is 1.39. The van der Waals surface area contributed by atoms with Crippen LogP contribution in [0, 0.1) is 27.7 Å². The normalized spacial score (nSPS) is 45.9. The molecule has 10 aliphatic rings. The van der Waals surface area contributed by atoms with E-state index in [-0.39, 0.29) is 22.6 Å². The fourth-order valence-corrected chi connectivity index (χ4v) is 122. The number of alkyl halides is 12. The zero-order valence-electron chi connectivity index (χ0n) is 31.9. The molecule has 0 aliphatic carbocycles. The first kappa shape index (κ1) is 36.0. The predicted octanol–water partition coefficient (Wildman–Crippen LogP) is 13.6. The molecule has 0 N–H and O–H groups in total. The first-order chi connectivity index (χ1) is 27.0. The van der Waals surface area contributed by atoms with E-state index in [2.05, 4.69) is 43.3 Å². The van der Waals surface area contributed by atoms with Crippen LogP contribution in [0.1, 0.15) is 51.4 Å². The molecule has 0 saturated carbocycles. The molecule has 10 fully saturated rings. The average Bonchev–Trinajstić information content (AvgIpc) is 4.05. The number of hydrogen-bond donors (Lipinski definition) is 0.